The van der Waals surface area contributed by atoms with Gasteiger partial charge in [0.15, 0.2) is 0 Å². The number of carboxylic acids is 1. The summed E-state index contributed by atoms with van der Waals surface area (Å²) in [7, 11) is 0. The van der Waals surface area contributed by atoms with Crippen molar-refractivity contribution in [2.45, 2.75) is 45.7 Å². The van der Waals surface area contributed by atoms with Crippen LogP contribution in [-0.2, 0) is 9.59 Å². The minimum Gasteiger partial charge on any atom is -0.480 e. The highest BCUT2D eigenvalue weighted by atomic mass is 32.1. The van der Waals surface area contributed by atoms with Crippen LogP contribution in [0.2, 0.25) is 0 Å². The van der Waals surface area contributed by atoms with E-state index in [0.29, 0.717) is 13.0 Å². The molecular weight excluding hydrogens is 300 g/mol. The molecule has 1 aromatic rings. The van der Waals surface area contributed by atoms with Gasteiger partial charge >= 0.3 is 5.97 Å². The predicted octanol–water partition coefficient (Wildman–Crippen LogP) is 2.50. The third kappa shape index (κ3) is 4.08. The molecule has 22 heavy (non-hydrogen) atoms. The van der Waals surface area contributed by atoms with Gasteiger partial charge in [0, 0.05) is 4.88 Å². The molecule has 6 heteroatoms. The first-order valence-electron chi connectivity index (χ1n) is 7.58. The Labute approximate surface area is 135 Å². The van der Waals surface area contributed by atoms with Gasteiger partial charge in [-0.05, 0) is 36.2 Å². The molecule has 0 aliphatic carbocycles. The van der Waals surface area contributed by atoms with E-state index < -0.39 is 12.0 Å². The predicted molar refractivity (Wildman–Crippen MR) is 86.9 cm³/mol. The lowest BCUT2D eigenvalue weighted by atomic mass is 9.85. The van der Waals surface area contributed by atoms with Crippen LogP contribution in [0.15, 0.2) is 17.5 Å². The maximum atomic E-state index is 12.4. The van der Waals surface area contributed by atoms with E-state index in [0.717, 1.165) is 11.3 Å². The quantitative estimate of drug-likeness (QED) is 0.873. The Hall–Kier alpha value is -1.40. The van der Waals surface area contributed by atoms with E-state index in [2.05, 4.69) is 26.1 Å². The van der Waals surface area contributed by atoms with Gasteiger partial charge in [-0.2, -0.15) is 0 Å². The number of thiophene rings is 1. The van der Waals surface area contributed by atoms with Gasteiger partial charge in [0.2, 0.25) is 5.91 Å². The lowest BCUT2D eigenvalue weighted by Gasteiger charge is -2.31. The minimum atomic E-state index is -0.837. The normalized spacial score (nSPS) is 20.8. The van der Waals surface area contributed by atoms with Gasteiger partial charge in [-0.1, -0.05) is 26.8 Å². The fraction of sp³-hybridized carbons (Fsp3) is 0.625. The summed E-state index contributed by atoms with van der Waals surface area (Å²) in [4.78, 5) is 26.4. The fourth-order valence-electron chi connectivity index (χ4n) is 2.86. The third-order valence-corrected chi connectivity index (χ3v) is 4.93. The van der Waals surface area contributed by atoms with Crippen molar-refractivity contribution in [1.29, 1.82) is 0 Å². The highest BCUT2D eigenvalue weighted by Gasteiger charge is 2.33. The summed E-state index contributed by atoms with van der Waals surface area (Å²) in [6, 6.07) is 3.41. The van der Waals surface area contributed by atoms with E-state index in [-0.39, 0.29) is 23.9 Å². The standard InChI is InChI=1S/C16H24N2O3S/c1-16(2,3)14(12-7-5-9-22-12)17-13(19)10-18-8-4-6-11(18)15(20)21/h5,7,9,11,14H,4,6,8,10H2,1-3H3,(H,17,19)(H,20,21)/t11-,14-/m1/s1. The zero-order valence-electron chi connectivity index (χ0n) is 13.3. The molecule has 1 aliphatic rings. The van der Waals surface area contributed by atoms with Gasteiger partial charge in [-0.15, -0.1) is 11.3 Å². The number of carbonyl (C=O) groups is 2. The average molecular weight is 324 g/mol. The highest BCUT2D eigenvalue weighted by Crippen LogP contribution is 2.35. The fourth-order valence-corrected chi connectivity index (χ4v) is 3.88. The number of amides is 1. The number of hydrogen-bond acceptors (Lipinski definition) is 4. The van der Waals surface area contributed by atoms with E-state index in [9.17, 15) is 14.7 Å². The molecule has 1 aromatic heterocycles. The van der Waals surface area contributed by atoms with Gasteiger partial charge in [0.05, 0.1) is 12.6 Å². The second-order valence-electron chi connectivity index (χ2n) is 6.85. The van der Waals surface area contributed by atoms with Crippen LogP contribution in [0, 0.1) is 5.41 Å². The molecule has 2 atom stereocenters. The van der Waals surface area contributed by atoms with Crippen LogP contribution < -0.4 is 5.32 Å². The van der Waals surface area contributed by atoms with Crippen molar-refractivity contribution in [3.8, 4) is 0 Å². The second kappa shape index (κ2) is 6.79. The van der Waals surface area contributed by atoms with Gasteiger partial charge in [0.1, 0.15) is 6.04 Å². The smallest absolute Gasteiger partial charge is 0.320 e. The summed E-state index contributed by atoms with van der Waals surface area (Å²) in [5.74, 6) is -0.947. The summed E-state index contributed by atoms with van der Waals surface area (Å²) in [6.07, 6.45) is 1.45. The second-order valence-corrected chi connectivity index (χ2v) is 7.83. The molecule has 2 N–H and O–H groups in total. The summed E-state index contributed by atoms with van der Waals surface area (Å²) >= 11 is 1.63. The van der Waals surface area contributed by atoms with E-state index in [1.165, 1.54) is 0 Å². The Kier molecular flexibility index (Phi) is 5.24. The van der Waals surface area contributed by atoms with Crippen LogP contribution in [0.3, 0.4) is 0 Å². The van der Waals surface area contributed by atoms with Crippen LogP contribution in [0.1, 0.15) is 44.5 Å². The molecule has 0 aromatic carbocycles. The number of rotatable bonds is 5. The Morgan fingerprint density at radius 3 is 2.77 bits per heavy atom. The van der Waals surface area contributed by atoms with Crippen LogP contribution >= 0.6 is 11.3 Å². The number of carboxylic acid groups (broad SMARTS) is 1. The Balaban J connectivity index is 2.01. The largest absolute Gasteiger partial charge is 0.480 e. The van der Waals surface area contributed by atoms with Crippen molar-refractivity contribution in [1.82, 2.24) is 10.2 Å². The summed E-state index contributed by atoms with van der Waals surface area (Å²) in [5.41, 5.74) is -0.0995. The summed E-state index contributed by atoms with van der Waals surface area (Å²) in [6.45, 7) is 7.09. The van der Waals surface area contributed by atoms with E-state index in [4.69, 9.17) is 0 Å². The molecule has 2 heterocycles. The van der Waals surface area contributed by atoms with Gasteiger partial charge in [0.25, 0.3) is 0 Å². The number of likely N-dealkylation sites (tertiary alicyclic amines) is 1. The molecule has 0 saturated carbocycles. The first-order chi connectivity index (χ1) is 10.3. The number of hydrogen-bond donors (Lipinski definition) is 2. The molecular formula is C16H24N2O3S. The molecule has 1 aliphatic heterocycles. The molecule has 1 fully saturated rings. The first kappa shape index (κ1) is 17.0. The Morgan fingerprint density at radius 2 is 2.23 bits per heavy atom. The zero-order valence-corrected chi connectivity index (χ0v) is 14.2. The van der Waals surface area contributed by atoms with Gasteiger partial charge < -0.3 is 10.4 Å². The lowest BCUT2D eigenvalue weighted by Crippen LogP contribution is -2.45. The van der Waals surface area contributed by atoms with Crippen LogP contribution in [-0.4, -0.2) is 41.0 Å². The maximum Gasteiger partial charge on any atom is 0.320 e. The van der Waals surface area contributed by atoms with Crippen molar-refractivity contribution in [2.75, 3.05) is 13.1 Å². The number of nitrogens with zero attached hydrogens (tertiary/aromatic N) is 1. The molecule has 0 spiro atoms. The minimum absolute atomic E-state index is 0.0640. The third-order valence-electron chi connectivity index (χ3n) is 3.99. The SMILES string of the molecule is CC(C)(C)[C@H](NC(=O)CN1CCC[C@@H]1C(=O)O)c1cccs1. The highest BCUT2D eigenvalue weighted by molar-refractivity contribution is 7.10. The average Bonchev–Trinajstić information content (AvgIpc) is 3.05. The topological polar surface area (TPSA) is 69.6 Å². The van der Waals surface area contributed by atoms with Crippen molar-refractivity contribution in [3.05, 3.63) is 22.4 Å². The Morgan fingerprint density at radius 1 is 1.50 bits per heavy atom. The van der Waals surface area contributed by atoms with E-state index in [1.807, 2.05) is 17.5 Å². The molecule has 0 bridgehead atoms. The number of carbonyl (C=O) groups excluding carboxylic acids is 1. The molecule has 0 unspecified atom stereocenters. The Bertz CT molecular complexity index is 522. The number of nitrogens with one attached hydrogen (secondary N) is 1. The molecule has 1 amide bonds. The van der Waals surface area contributed by atoms with Crippen LogP contribution in [0.25, 0.3) is 0 Å². The van der Waals surface area contributed by atoms with Crippen LogP contribution in [0.5, 0.6) is 0 Å². The molecule has 5 nitrogen and oxygen atoms in total. The zero-order chi connectivity index (χ0) is 16.3. The van der Waals surface area contributed by atoms with Crippen molar-refractivity contribution < 1.29 is 14.7 Å². The molecule has 1 saturated heterocycles. The number of aliphatic carboxylic acids is 1. The van der Waals surface area contributed by atoms with E-state index in [1.54, 1.807) is 16.2 Å². The molecule has 0 radical (unpaired) electrons. The monoisotopic (exact) mass is 324 g/mol. The van der Waals surface area contributed by atoms with Gasteiger partial charge in [-0.25, -0.2) is 0 Å². The maximum absolute atomic E-state index is 12.4. The first-order valence-corrected chi connectivity index (χ1v) is 8.46. The molecule has 122 valence electrons. The van der Waals surface area contributed by atoms with Crippen LogP contribution in [0.4, 0.5) is 0 Å². The van der Waals surface area contributed by atoms with Gasteiger partial charge in [-0.3, -0.25) is 14.5 Å². The summed E-state index contributed by atoms with van der Waals surface area (Å²) in [5, 5.41) is 14.3. The van der Waals surface area contributed by atoms with Crippen molar-refractivity contribution in [3.63, 3.8) is 0 Å². The lowest BCUT2D eigenvalue weighted by molar-refractivity contribution is -0.142. The van der Waals surface area contributed by atoms with E-state index >= 15 is 0 Å². The van der Waals surface area contributed by atoms with Crippen molar-refractivity contribution in [2.24, 2.45) is 5.41 Å². The summed E-state index contributed by atoms with van der Waals surface area (Å²) < 4.78 is 0. The van der Waals surface area contributed by atoms with Crippen molar-refractivity contribution >= 4 is 23.2 Å². The molecule has 2 rings (SSSR count).